The minimum Gasteiger partial charge on any atom is -0.465 e. The van der Waals surface area contributed by atoms with Crippen molar-refractivity contribution < 1.29 is 9.84 Å². The number of ether oxygens (including phenoxy) is 1. The van der Waals surface area contributed by atoms with Gasteiger partial charge in [0.2, 0.25) is 0 Å². The van der Waals surface area contributed by atoms with Crippen molar-refractivity contribution in [3.05, 3.63) is 29.3 Å². The molecule has 1 N–H and O–H groups in total. The Hall–Kier alpha value is -1.02. The molecule has 0 heterocycles. The number of rotatable bonds is 3. The smallest absolute Gasteiger partial charge is 0.197 e. The first-order chi connectivity index (χ1) is 6.15. The molecule has 0 aromatic heterocycles. The molecule has 0 bridgehead atoms. The highest BCUT2D eigenvalue weighted by Gasteiger charge is 2.07. The van der Waals surface area contributed by atoms with Crippen molar-refractivity contribution in [2.24, 2.45) is 0 Å². The summed E-state index contributed by atoms with van der Waals surface area (Å²) in [6.45, 7) is 5.84. The van der Waals surface area contributed by atoms with Crippen molar-refractivity contribution in [1.82, 2.24) is 0 Å². The van der Waals surface area contributed by atoms with E-state index >= 15 is 0 Å². The van der Waals surface area contributed by atoms with Gasteiger partial charge in [0.05, 0.1) is 0 Å². The van der Waals surface area contributed by atoms with E-state index in [1.54, 1.807) is 0 Å². The van der Waals surface area contributed by atoms with E-state index in [0.29, 0.717) is 6.42 Å². The third-order valence-electron chi connectivity index (χ3n) is 2.01. The van der Waals surface area contributed by atoms with Crippen LogP contribution < -0.4 is 4.74 Å². The van der Waals surface area contributed by atoms with Gasteiger partial charge in [-0.15, -0.1) is 0 Å². The highest BCUT2D eigenvalue weighted by molar-refractivity contribution is 5.39. The summed E-state index contributed by atoms with van der Waals surface area (Å²) in [5, 5.41) is 9.34. The maximum Gasteiger partial charge on any atom is 0.197 e. The van der Waals surface area contributed by atoms with E-state index in [9.17, 15) is 5.11 Å². The van der Waals surface area contributed by atoms with Gasteiger partial charge in [-0.05, 0) is 25.0 Å². The quantitative estimate of drug-likeness (QED) is 0.724. The number of hydrogen-bond donors (Lipinski definition) is 1. The Morgan fingerprint density at radius 2 is 1.85 bits per heavy atom. The van der Waals surface area contributed by atoms with Crippen molar-refractivity contribution in [1.29, 1.82) is 0 Å². The van der Waals surface area contributed by atoms with Gasteiger partial charge < -0.3 is 9.84 Å². The molecule has 0 fully saturated rings. The Labute approximate surface area is 79.2 Å². The molecular formula is C11H16O2. The number of aliphatic hydroxyl groups excluding tert-OH is 1. The molecule has 0 spiro atoms. The fourth-order valence-corrected chi connectivity index (χ4v) is 1.20. The number of aryl methyl sites for hydroxylation is 2. The van der Waals surface area contributed by atoms with E-state index in [0.717, 1.165) is 16.9 Å². The van der Waals surface area contributed by atoms with Crippen LogP contribution in [0.5, 0.6) is 5.75 Å². The molecule has 0 aliphatic heterocycles. The number of aliphatic hydroxyl groups is 1. The van der Waals surface area contributed by atoms with Crippen molar-refractivity contribution in [3.63, 3.8) is 0 Å². The lowest BCUT2D eigenvalue weighted by molar-refractivity contribution is -0.0200. The molecule has 0 amide bonds. The second-order valence-electron chi connectivity index (χ2n) is 3.20. The fourth-order valence-electron chi connectivity index (χ4n) is 1.20. The van der Waals surface area contributed by atoms with Gasteiger partial charge in [-0.1, -0.05) is 25.1 Å². The lowest BCUT2D eigenvalue weighted by Crippen LogP contribution is -2.14. The largest absolute Gasteiger partial charge is 0.465 e. The van der Waals surface area contributed by atoms with Gasteiger partial charge in [0, 0.05) is 6.42 Å². The Bertz CT molecular complexity index is 261. The minimum atomic E-state index is -0.695. The molecule has 2 nitrogen and oxygen atoms in total. The number of hydrogen-bond acceptors (Lipinski definition) is 2. The van der Waals surface area contributed by atoms with Crippen molar-refractivity contribution in [3.8, 4) is 5.75 Å². The summed E-state index contributed by atoms with van der Waals surface area (Å²) in [6, 6.07) is 5.94. The summed E-state index contributed by atoms with van der Waals surface area (Å²) in [6.07, 6.45) is -0.0897. The maximum atomic E-state index is 9.34. The zero-order chi connectivity index (χ0) is 9.84. The number of benzene rings is 1. The van der Waals surface area contributed by atoms with Gasteiger partial charge in [-0.25, -0.2) is 0 Å². The van der Waals surface area contributed by atoms with E-state index in [1.807, 2.05) is 39.0 Å². The lowest BCUT2D eigenvalue weighted by Gasteiger charge is -2.15. The molecule has 1 aromatic carbocycles. The normalized spacial score (nSPS) is 12.6. The van der Waals surface area contributed by atoms with Gasteiger partial charge in [-0.2, -0.15) is 0 Å². The molecule has 1 atom stereocenters. The third kappa shape index (κ3) is 2.46. The Kier molecular flexibility index (Phi) is 3.32. The van der Waals surface area contributed by atoms with Crippen LogP contribution in [0.4, 0.5) is 0 Å². The second kappa shape index (κ2) is 4.28. The first kappa shape index (κ1) is 10.1. The van der Waals surface area contributed by atoms with Gasteiger partial charge >= 0.3 is 0 Å². The first-order valence-corrected chi connectivity index (χ1v) is 4.56. The predicted molar refractivity (Wildman–Crippen MR) is 52.8 cm³/mol. The van der Waals surface area contributed by atoms with Crippen molar-refractivity contribution in [2.45, 2.75) is 33.5 Å². The van der Waals surface area contributed by atoms with Crippen LogP contribution in [0.3, 0.4) is 0 Å². The molecule has 13 heavy (non-hydrogen) atoms. The predicted octanol–water partition coefficient (Wildman–Crippen LogP) is 2.41. The summed E-state index contributed by atoms with van der Waals surface area (Å²) in [7, 11) is 0. The molecule has 0 aliphatic carbocycles. The van der Waals surface area contributed by atoms with Crippen LogP contribution in [0.1, 0.15) is 24.5 Å². The first-order valence-electron chi connectivity index (χ1n) is 4.56. The molecule has 1 aromatic rings. The zero-order valence-electron chi connectivity index (χ0n) is 8.37. The SMILES string of the molecule is CCC(O)Oc1c(C)cccc1C. The summed E-state index contributed by atoms with van der Waals surface area (Å²) < 4.78 is 5.38. The molecule has 0 radical (unpaired) electrons. The Morgan fingerprint density at radius 3 is 2.31 bits per heavy atom. The van der Waals surface area contributed by atoms with Crippen LogP contribution in [-0.4, -0.2) is 11.4 Å². The van der Waals surface area contributed by atoms with E-state index in [2.05, 4.69) is 0 Å². The average molecular weight is 180 g/mol. The summed E-state index contributed by atoms with van der Waals surface area (Å²) in [5.74, 6) is 0.803. The van der Waals surface area contributed by atoms with Crippen LogP contribution in [-0.2, 0) is 0 Å². The van der Waals surface area contributed by atoms with Gasteiger partial charge in [0.1, 0.15) is 5.75 Å². The fraction of sp³-hybridized carbons (Fsp3) is 0.455. The van der Waals surface area contributed by atoms with Crippen LogP contribution in [0, 0.1) is 13.8 Å². The van der Waals surface area contributed by atoms with Crippen LogP contribution >= 0.6 is 0 Å². The van der Waals surface area contributed by atoms with E-state index in [-0.39, 0.29) is 0 Å². The standard InChI is InChI=1S/C11H16O2/c1-4-10(12)13-11-8(2)6-5-7-9(11)3/h5-7,10,12H,4H2,1-3H3. The van der Waals surface area contributed by atoms with Crippen LogP contribution in [0.2, 0.25) is 0 Å². The van der Waals surface area contributed by atoms with E-state index < -0.39 is 6.29 Å². The second-order valence-corrected chi connectivity index (χ2v) is 3.20. The molecule has 0 saturated carbocycles. The molecule has 72 valence electrons. The van der Waals surface area contributed by atoms with Crippen LogP contribution in [0.15, 0.2) is 18.2 Å². The summed E-state index contributed by atoms with van der Waals surface area (Å²) in [4.78, 5) is 0. The monoisotopic (exact) mass is 180 g/mol. The third-order valence-corrected chi connectivity index (χ3v) is 2.01. The molecule has 1 unspecified atom stereocenters. The summed E-state index contributed by atoms with van der Waals surface area (Å²) in [5.41, 5.74) is 2.12. The Morgan fingerprint density at radius 1 is 1.31 bits per heavy atom. The number of para-hydroxylation sites is 1. The molecule has 0 aliphatic rings. The zero-order valence-corrected chi connectivity index (χ0v) is 8.37. The highest BCUT2D eigenvalue weighted by Crippen LogP contribution is 2.23. The molecule has 0 saturated heterocycles. The average Bonchev–Trinajstić information content (AvgIpc) is 2.11. The molecule has 1 rings (SSSR count). The van der Waals surface area contributed by atoms with E-state index in [4.69, 9.17) is 4.74 Å². The maximum absolute atomic E-state index is 9.34. The Balaban J connectivity index is 2.87. The topological polar surface area (TPSA) is 29.5 Å². The van der Waals surface area contributed by atoms with Crippen molar-refractivity contribution >= 4 is 0 Å². The van der Waals surface area contributed by atoms with Gasteiger partial charge in [0.25, 0.3) is 0 Å². The lowest BCUT2D eigenvalue weighted by atomic mass is 10.1. The van der Waals surface area contributed by atoms with Gasteiger partial charge in [-0.3, -0.25) is 0 Å². The summed E-state index contributed by atoms with van der Waals surface area (Å²) >= 11 is 0. The molecular weight excluding hydrogens is 164 g/mol. The molecule has 2 heteroatoms. The minimum absolute atomic E-state index is 0.605. The van der Waals surface area contributed by atoms with E-state index in [1.165, 1.54) is 0 Å². The van der Waals surface area contributed by atoms with Gasteiger partial charge in [0.15, 0.2) is 6.29 Å². The van der Waals surface area contributed by atoms with Crippen molar-refractivity contribution in [2.75, 3.05) is 0 Å². The highest BCUT2D eigenvalue weighted by atomic mass is 16.6. The van der Waals surface area contributed by atoms with Crippen LogP contribution in [0.25, 0.3) is 0 Å².